The molecule has 1 saturated carbocycles. The maximum atomic E-state index is 4.76. The average Bonchev–Trinajstić information content (AvgIpc) is 2.69. The maximum absolute atomic E-state index is 4.76. The molecule has 0 aromatic carbocycles. The Morgan fingerprint density at radius 3 is 2.92 bits per heavy atom. The highest BCUT2D eigenvalue weighted by atomic mass is 16.5. The average molecular weight is 180 g/mol. The Morgan fingerprint density at radius 2 is 2.23 bits per heavy atom. The first-order chi connectivity index (χ1) is 6.45. The molecule has 1 aliphatic rings. The second-order valence-electron chi connectivity index (χ2n) is 3.71. The summed E-state index contributed by atoms with van der Waals surface area (Å²) >= 11 is 0. The van der Waals surface area contributed by atoms with Crippen LogP contribution >= 0.6 is 0 Å². The third-order valence-corrected chi connectivity index (χ3v) is 2.67. The maximum Gasteiger partial charge on any atom is 0.124 e. The van der Waals surface area contributed by atoms with E-state index in [9.17, 15) is 0 Å². The number of nitrogens with one attached hydrogen (secondary N) is 1. The van der Waals surface area contributed by atoms with Crippen molar-refractivity contribution in [2.24, 2.45) is 0 Å². The zero-order chi connectivity index (χ0) is 8.93. The van der Waals surface area contributed by atoms with Gasteiger partial charge in [0.15, 0.2) is 0 Å². The van der Waals surface area contributed by atoms with Crippen LogP contribution in [-0.2, 0) is 6.54 Å². The second kappa shape index (κ2) is 4.42. The van der Waals surface area contributed by atoms with Crippen LogP contribution < -0.4 is 5.32 Å². The van der Waals surface area contributed by atoms with Gasteiger partial charge in [-0.1, -0.05) is 24.4 Å². The summed E-state index contributed by atoms with van der Waals surface area (Å²) in [6, 6.07) is 2.61. The lowest BCUT2D eigenvalue weighted by atomic mass is 9.95. The monoisotopic (exact) mass is 180 g/mol. The largest absolute Gasteiger partial charge is 0.364 e. The summed E-state index contributed by atoms with van der Waals surface area (Å²) in [6.45, 7) is 0.848. The quantitative estimate of drug-likeness (QED) is 0.774. The third kappa shape index (κ3) is 2.56. The smallest absolute Gasteiger partial charge is 0.124 e. The molecule has 2 rings (SSSR count). The molecule has 0 bridgehead atoms. The Bertz CT molecular complexity index is 227. The fourth-order valence-electron chi connectivity index (χ4n) is 1.88. The van der Waals surface area contributed by atoms with Crippen molar-refractivity contribution in [2.45, 2.75) is 44.7 Å². The van der Waals surface area contributed by atoms with Crippen molar-refractivity contribution in [1.82, 2.24) is 10.5 Å². The predicted molar refractivity (Wildman–Crippen MR) is 50.2 cm³/mol. The van der Waals surface area contributed by atoms with Crippen molar-refractivity contribution >= 4 is 0 Å². The molecule has 0 atom stereocenters. The van der Waals surface area contributed by atoms with Gasteiger partial charge in [-0.05, 0) is 12.8 Å². The zero-order valence-electron chi connectivity index (χ0n) is 7.83. The van der Waals surface area contributed by atoms with E-state index in [1.54, 1.807) is 6.26 Å². The number of hydrogen-bond donors (Lipinski definition) is 1. The van der Waals surface area contributed by atoms with E-state index in [1.807, 2.05) is 6.07 Å². The molecule has 1 aromatic heterocycles. The summed E-state index contributed by atoms with van der Waals surface area (Å²) in [7, 11) is 0. The summed E-state index contributed by atoms with van der Waals surface area (Å²) in [5.74, 6) is 0. The Morgan fingerprint density at radius 1 is 1.38 bits per heavy atom. The highest BCUT2D eigenvalue weighted by Gasteiger charge is 2.12. The van der Waals surface area contributed by atoms with Crippen LogP contribution in [0.4, 0.5) is 0 Å². The molecule has 1 aromatic rings. The summed E-state index contributed by atoms with van der Waals surface area (Å²) in [4.78, 5) is 0. The fourth-order valence-corrected chi connectivity index (χ4v) is 1.88. The van der Waals surface area contributed by atoms with Gasteiger partial charge in [-0.15, -0.1) is 0 Å². The van der Waals surface area contributed by atoms with E-state index in [1.165, 1.54) is 32.1 Å². The van der Waals surface area contributed by atoms with Crippen molar-refractivity contribution in [2.75, 3.05) is 0 Å². The van der Waals surface area contributed by atoms with E-state index < -0.39 is 0 Å². The number of hydrogen-bond acceptors (Lipinski definition) is 3. The SMILES string of the molecule is c1cc(CNC2CCCCC2)no1. The molecule has 1 fully saturated rings. The molecule has 0 amide bonds. The molecule has 72 valence electrons. The van der Waals surface area contributed by atoms with Gasteiger partial charge in [0.05, 0.1) is 5.69 Å². The Labute approximate surface area is 78.5 Å². The van der Waals surface area contributed by atoms with Crippen LogP contribution in [0, 0.1) is 0 Å². The molecule has 1 aliphatic carbocycles. The van der Waals surface area contributed by atoms with Gasteiger partial charge in [-0.2, -0.15) is 0 Å². The number of rotatable bonds is 3. The first kappa shape index (κ1) is 8.75. The van der Waals surface area contributed by atoms with E-state index in [0.29, 0.717) is 6.04 Å². The molecule has 1 heterocycles. The Hall–Kier alpha value is -0.830. The van der Waals surface area contributed by atoms with Gasteiger partial charge < -0.3 is 9.84 Å². The van der Waals surface area contributed by atoms with Crippen LogP contribution in [0.5, 0.6) is 0 Å². The van der Waals surface area contributed by atoms with Crippen molar-refractivity contribution in [3.05, 3.63) is 18.0 Å². The van der Waals surface area contributed by atoms with Crippen LogP contribution in [-0.4, -0.2) is 11.2 Å². The van der Waals surface area contributed by atoms with Gasteiger partial charge in [0, 0.05) is 18.7 Å². The molecule has 3 heteroatoms. The van der Waals surface area contributed by atoms with E-state index in [2.05, 4.69) is 10.5 Å². The zero-order valence-corrected chi connectivity index (χ0v) is 7.83. The summed E-state index contributed by atoms with van der Waals surface area (Å²) in [5.41, 5.74) is 1.01. The minimum atomic E-state index is 0.699. The van der Waals surface area contributed by atoms with Crippen LogP contribution in [0.1, 0.15) is 37.8 Å². The van der Waals surface area contributed by atoms with Gasteiger partial charge in [-0.25, -0.2) is 0 Å². The van der Waals surface area contributed by atoms with E-state index in [0.717, 1.165) is 12.2 Å². The first-order valence-electron chi connectivity index (χ1n) is 5.08. The number of nitrogens with zero attached hydrogens (tertiary/aromatic N) is 1. The number of aromatic nitrogens is 1. The van der Waals surface area contributed by atoms with Crippen LogP contribution in [0.2, 0.25) is 0 Å². The fraction of sp³-hybridized carbons (Fsp3) is 0.700. The van der Waals surface area contributed by atoms with Crippen molar-refractivity contribution in [3.63, 3.8) is 0 Å². The normalized spacial score (nSPS) is 19.1. The van der Waals surface area contributed by atoms with Gasteiger partial charge in [-0.3, -0.25) is 0 Å². The lowest BCUT2D eigenvalue weighted by Gasteiger charge is -2.22. The predicted octanol–water partition coefficient (Wildman–Crippen LogP) is 2.10. The highest BCUT2D eigenvalue weighted by Crippen LogP contribution is 2.17. The molecule has 1 N–H and O–H groups in total. The summed E-state index contributed by atoms with van der Waals surface area (Å²) in [6.07, 6.45) is 8.41. The molecule has 0 aliphatic heterocycles. The molecule has 13 heavy (non-hydrogen) atoms. The Balaban J connectivity index is 1.72. The molecule has 0 radical (unpaired) electrons. The van der Waals surface area contributed by atoms with Crippen LogP contribution in [0.3, 0.4) is 0 Å². The first-order valence-corrected chi connectivity index (χ1v) is 5.08. The summed E-state index contributed by atoms with van der Waals surface area (Å²) < 4.78 is 4.76. The molecular formula is C10H16N2O. The third-order valence-electron chi connectivity index (χ3n) is 2.67. The standard InChI is InChI=1S/C10H16N2O/c1-2-4-9(5-3-1)11-8-10-6-7-13-12-10/h6-7,9,11H,1-5,8H2. The Kier molecular flexibility index (Phi) is 2.98. The molecule has 0 unspecified atom stereocenters. The second-order valence-corrected chi connectivity index (χ2v) is 3.71. The molecular weight excluding hydrogens is 164 g/mol. The van der Waals surface area contributed by atoms with Gasteiger partial charge in [0.25, 0.3) is 0 Å². The van der Waals surface area contributed by atoms with Crippen molar-refractivity contribution < 1.29 is 4.52 Å². The van der Waals surface area contributed by atoms with Crippen LogP contribution in [0.25, 0.3) is 0 Å². The lowest BCUT2D eigenvalue weighted by molar-refractivity contribution is 0.361. The van der Waals surface area contributed by atoms with Crippen LogP contribution in [0.15, 0.2) is 16.9 Å². The van der Waals surface area contributed by atoms with E-state index >= 15 is 0 Å². The van der Waals surface area contributed by atoms with Gasteiger partial charge >= 0.3 is 0 Å². The summed E-state index contributed by atoms with van der Waals surface area (Å²) in [5, 5.41) is 7.36. The minimum absolute atomic E-state index is 0.699. The van der Waals surface area contributed by atoms with Crippen molar-refractivity contribution in [1.29, 1.82) is 0 Å². The van der Waals surface area contributed by atoms with E-state index in [-0.39, 0.29) is 0 Å². The lowest BCUT2D eigenvalue weighted by Crippen LogP contribution is -2.30. The van der Waals surface area contributed by atoms with E-state index in [4.69, 9.17) is 4.52 Å². The minimum Gasteiger partial charge on any atom is -0.364 e. The molecule has 0 spiro atoms. The topological polar surface area (TPSA) is 38.1 Å². The highest BCUT2D eigenvalue weighted by molar-refractivity contribution is 4.94. The molecule has 0 saturated heterocycles. The molecule has 3 nitrogen and oxygen atoms in total. The van der Waals surface area contributed by atoms with Crippen molar-refractivity contribution in [3.8, 4) is 0 Å². The van der Waals surface area contributed by atoms with Gasteiger partial charge in [0.2, 0.25) is 0 Å². The van der Waals surface area contributed by atoms with Gasteiger partial charge in [0.1, 0.15) is 6.26 Å².